The van der Waals surface area contributed by atoms with Gasteiger partial charge in [-0.15, -0.1) is 0 Å². The second-order valence-corrected chi connectivity index (χ2v) is 7.86. The van der Waals surface area contributed by atoms with Crippen LogP contribution < -0.4 is 9.64 Å². The molecule has 1 saturated heterocycles. The lowest BCUT2D eigenvalue weighted by atomic mass is 10.2. The Balaban J connectivity index is 1.63. The van der Waals surface area contributed by atoms with Gasteiger partial charge in [-0.25, -0.2) is 15.0 Å². The normalized spacial score (nSPS) is 14.6. The molecular formula is C23H24N6O2. The minimum absolute atomic E-state index is 0.263. The second-order valence-electron chi connectivity index (χ2n) is 7.86. The summed E-state index contributed by atoms with van der Waals surface area (Å²) in [6.45, 7) is 5.97. The van der Waals surface area contributed by atoms with Gasteiger partial charge in [-0.2, -0.15) is 9.61 Å². The number of anilines is 1. The summed E-state index contributed by atoms with van der Waals surface area (Å²) < 4.78 is 7.68. The highest BCUT2D eigenvalue weighted by molar-refractivity contribution is 5.78. The van der Waals surface area contributed by atoms with Crippen LogP contribution in [0.4, 0.5) is 5.82 Å². The smallest absolute Gasteiger partial charge is 0.220 e. The van der Waals surface area contributed by atoms with E-state index in [1.54, 1.807) is 4.52 Å². The first-order chi connectivity index (χ1) is 15.1. The molecule has 4 heterocycles. The number of nitrogens with zero attached hydrogens (tertiary/aromatic N) is 6. The van der Waals surface area contributed by atoms with Crippen molar-refractivity contribution in [1.29, 1.82) is 0 Å². The molecule has 1 N–H and O–H groups in total. The molecule has 31 heavy (non-hydrogen) atoms. The van der Waals surface area contributed by atoms with E-state index >= 15 is 0 Å². The highest BCUT2D eigenvalue weighted by atomic mass is 16.5. The van der Waals surface area contributed by atoms with E-state index in [0.717, 1.165) is 66.0 Å². The van der Waals surface area contributed by atoms with Crippen LogP contribution in [-0.4, -0.2) is 49.4 Å². The van der Waals surface area contributed by atoms with E-state index in [-0.39, 0.29) is 6.61 Å². The summed E-state index contributed by atoms with van der Waals surface area (Å²) in [5.74, 6) is 1.45. The Morgan fingerprint density at radius 2 is 1.84 bits per heavy atom. The standard InChI is InChI=1S/C23H24N6O2/c1-15(13-30)14-31-22-12-20(28-9-5-6-10-28)26-21-11-19(27-29(21)22)23-16(2)24-17-7-3-4-8-18(17)25-23/h3-4,7-8,11-13,30H,5-6,9-10,14H2,1-2H3/b15-13+. The zero-order chi connectivity index (χ0) is 21.4. The van der Waals surface area contributed by atoms with Gasteiger partial charge in [-0.3, -0.25) is 0 Å². The lowest BCUT2D eigenvalue weighted by molar-refractivity contribution is 0.322. The molecule has 1 aliphatic heterocycles. The van der Waals surface area contributed by atoms with Crippen molar-refractivity contribution in [2.45, 2.75) is 26.7 Å². The molecule has 0 aliphatic carbocycles. The van der Waals surface area contributed by atoms with Crippen molar-refractivity contribution in [2.75, 3.05) is 24.6 Å². The van der Waals surface area contributed by atoms with Crippen LogP contribution in [0.5, 0.6) is 5.88 Å². The number of ether oxygens (including phenoxy) is 1. The van der Waals surface area contributed by atoms with Crippen LogP contribution in [0.1, 0.15) is 25.5 Å². The van der Waals surface area contributed by atoms with E-state index in [0.29, 0.717) is 17.2 Å². The molecule has 0 atom stereocenters. The highest BCUT2D eigenvalue weighted by Gasteiger charge is 2.19. The third kappa shape index (κ3) is 3.65. The highest BCUT2D eigenvalue weighted by Crippen LogP contribution is 2.28. The number of aromatic nitrogens is 5. The molecule has 4 aromatic rings. The first-order valence-corrected chi connectivity index (χ1v) is 10.4. The molecule has 158 valence electrons. The van der Waals surface area contributed by atoms with Crippen molar-refractivity contribution in [3.8, 4) is 17.3 Å². The van der Waals surface area contributed by atoms with Crippen molar-refractivity contribution < 1.29 is 9.84 Å². The number of para-hydroxylation sites is 2. The van der Waals surface area contributed by atoms with Gasteiger partial charge in [0.05, 0.1) is 23.0 Å². The molecule has 1 aromatic carbocycles. The molecular weight excluding hydrogens is 392 g/mol. The monoisotopic (exact) mass is 416 g/mol. The minimum Gasteiger partial charge on any atom is -0.516 e. The third-order valence-corrected chi connectivity index (χ3v) is 5.47. The van der Waals surface area contributed by atoms with Gasteiger partial charge in [0.15, 0.2) is 5.65 Å². The number of benzene rings is 1. The van der Waals surface area contributed by atoms with Crippen LogP contribution in [0.15, 0.2) is 48.2 Å². The maximum Gasteiger partial charge on any atom is 0.220 e. The Morgan fingerprint density at radius 1 is 1.10 bits per heavy atom. The Hall–Kier alpha value is -3.68. The van der Waals surface area contributed by atoms with Crippen LogP contribution in [-0.2, 0) is 0 Å². The van der Waals surface area contributed by atoms with E-state index < -0.39 is 0 Å². The van der Waals surface area contributed by atoms with E-state index in [2.05, 4.69) is 9.88 Å². The van der Waals surface area contributed by atoms with Crippen LogP contribution in [0.3, 0.4) is 0 Å². The molecule has 3 aromatic heterocycles. The molecule has 0 unspecified atom stereocenters. The average molecular weight is 416 g/mol. The summed E-state index contributed by atoms with van der Waals surface area (Å²) in [4.78, 5) is 16.6. The predicted octanol–water partition coefficient (Wildman–Crippen LogP) is 4.09. The van der Waals surface area contributed by atoms with Crippen LogP contribution in [0, 0.1) is 6.92 Å². The van der Waals surface area contributed by atoms with Crippen molar-refractivity contribution in [3.63, 3.8) is 0 Å². The molecule has 1 fully saturated rings. The molecule has 0 spiro atoms. The third-order valence-electron chi connectivity index (χ3n) is 5.47. The van der Waals surface area contributed by atoms with Crippen LogP contribution in [0.2, 0.25) is 0 Å². The lowest BCUT2D eigenvalue weighted by Gasteiger charge is -2.18. The van der Waals surface area contributed by atoms with Crippen LogP contribution in [0.25, 0.3) is 28.1 Å². The lowest BCUT2D eigenvalue weighted by Crippen LogP contribution is -2.19. The van der Waals surface area contributed by atoms with Gasteiger partial charge in [0.2, 0.25) is 5.88 Å². The number of aryl methyl sites for hydroxylation is 1. The average Bonchev–Trinajstić information content (AvgIpc) is 3.46. The SMILES string of the molecule is C/C(=C\O)COc1cc(N2CCCC2)nc2cc(-c3nc4ccccc4nc3C)nn12. The quantitative estimate of drug-likeness (QED) is 0.490. The summed E-state index contributed by atoms with van der Waals surface area (Å²) >= 11 is 0. The topological polar surface area (TPSA) is 88.7 Å². The summed E-state index contributed by atoms with van der Waals surface area (Å²) in [5, 5.41) is 14.0. The first kappa shape index (κ1) is 19.3. The second kappa shape index (κ2) is 7.86. The van der Waals surface area contributed by atoms with Gasteiger partial charge in [0.25, 0.3) is 0 Å². The molecule has 8 nitrogen and oxygen atoms in total. The van der Waals surface area contributed by atoms with Crippen molar-refractivity contribution in [3.05, 3.63) is 53.9 Å². The molecule has 0 radical (unpaired) electrons. The summed E-state index contributed by atoms with van der Waals surface area (Å²) in [7, 11) is 0. The molecule has 5 rings (SSSR count). The number of hydrogen-bond acceptors (Lipinski definition) is 7. The molecule has 0 saturated carbocycles. The zero-order valence-corrected chi connectivity index (χ0v) is 17.6. The van der Waals surface area contributed by atoms with Crippen molar-refractivity contribution >= 4 is 22.5 Å². The largest absolute Gasteiger partial charge is 0.516 e. The van der Waals surface area contributed by atoms with E-state index in [1.165, 1.54) is 0 Å². The fourth-order valence-corrected chi connectivity index (χ4v) is 3.82. The Kier molecular flexibility index (Phi) is 4.89. The fraction of sp³-hybridized carbons (Fsp3) is 0.304. The zero-order valence-electron chi connectivity index (χ0n) is 17.6. The van der Waals surface area contributed by atoms with Gasteiger partial charge in [-0.05, 0) is 44.4 Å². The molecule has 8 heteroatoms. The van der Waals surface area contributed by atoms with Crippen molar-refractivity contribution in [2.24, 2.45) is 0 Å². The van der Waals surface area contributed by atoms with Gasteiger partial charge in [0, 0.05) is 25.2 Å². The Morgan fingerprint density at radius 3 is 2.58 bits per heavy atom. The predicted molar refractivity (Wildman–Crippen MR) is 120 cm³/mol. The van der Waals surface area contributed by atoms with Gasteiger partial charge >= 0.3 is 0 Å². The van der Waals surface area contributed by atoms with Crippen molar-refractivity contribution in [1.82, 2.24) is 24.6 Å². The van der Waals surface area contributed by atoms with E-state index in [1.807, 2.05) is 50.2 Å². The maximum absolute atomic E-state index is 9.22. The van der Waals surface area contributed by atoms with Crippen LogP contribution >= 0.6 is 0 Å². The Bertz CT molecular complexity index is 1290. The number of aliphatic hydroxyl groups excluding tert-OH is 1. The Labute approximate surface area is 179 Å². The maximum atomic E-state index is 9.22. The number of aliphatic hydroxyl groups is 1. The van der Waals surface area contributed by atoms with E-state index in [9.17, 15) is 5.11 Å². The summed E-state index contributed by atoms with van der Waals surface area (Å²) in [6.07, 6.45) is 3.37. The van der Waals surface area contributed by atoms with Gasteiger partial charge < -0.3 is 14.7 Å². The van der Waals surface area contributed by atoms with Gasteiger partial charge in [-0.1, -0.05) is 12.1 Å². The summed E-state index contributed by atoms with van der Waals surface area (Å²) in [5.41, 5.74) is 5.32. The number of hydrogen-bond donors (Lipinski definition) is 1. The molecule has 0 amide bonds. The molecule has 1 aliphatic rings. The first-order valence-electron chi connectivity index (χ1n) is 10.4. The minimum atomic E-state index is 0.263. The van der Waals surface area contributed by atoms with Gasteiger partial charge in [0.1, 0.15) is 23.8 Å². The molecule has 0 bridgehead atoms. The number of rotatable bonds is 5. The number of fused-ring (bicyclic) bond motifs is 2. The fourth-order valence-electron chi connectivity index (χ4n) is 3.82. The summed E-state index contributed by atoms with van der Waals surface area (Å²) in [6, 6.07) is 11.6. The van der Waals surface area contributed by atoms with E-state index in [4.69, 9.17) is 19.8 Å².